The largest absolute Gasteiger partial charge is 0.397 e. The number of amides is 2. The van der Waals surface area contributed by atoms with Crippen LogP contribution in [0.5, 0.6) is 0 Å². The number of anilines is 2. The van der Waals surface area contributed by atoms with Gasteiger partial charge in [-0.25, -0.2) is 4.79 Å². The van der Waals surface area contributed by atoms with Gasteiger partial charge in [0.2, 0.25) is 0 Å². The lowest BCUT2D eigenvalue weighted by Gasteiger charge is -2.31. The highest BCUT2D eigenvalue weighted by Crippen LogP contribution is 2.28. The second-order valence-electron chi connectivity index (χ2n) is 4.83. The van der Waals surface area contributed by atoms with Gasteiger partial charge in [-0.2, -0.15) is 0 Å². The fourth-order valence-corrected chi connectivity index (χ4v) is 2.46. The van der Waals surface area contributed by atoms with E-state index >= 15 is 0 Å². The molecule has 1 atom stereocenters. The molecule has 1 aromatic carbocycles. The molecule has 0 bridgehead atoms. The van der Waals surface area contributed by atoms with Crippen molar-refractivity contribution in [2.45, 2.75) is 19.8 Å². The van der Waals surface area contributed by atoms with Crippen LogP contribution >= 0.6 is 11.6 Å². The van der Waals surface area contributed by atoms with Crippen LogP contribution in [0.1, 0.15) is 19.8 Å². The van der Waals surface area contributed by atoms with Crippen molar-refractivity contribution in [1.82, 2.24) is 4.90 Å². The standard InChI is InChI=1S/C13H18ClN3O/c1-9-4-3-7-17(8-9)13(18)16-12-10(14)5-2-6-11(12)15/h2,5-6,9H,3-4,7-8,15H2,1H3,(H,16,18). The monoisotopic (exact) mass is 267 g/mol. The van der Waals surface area contributed by atoms with E-state index in [0.717, 1.165) is 19.5 Å². The number of hydrogen-bond acceptors (Lipinski definition) is 2. The number of hydrogen-bond donors (Lipinski definition) is 2. The zero-order chi connectivity index (χ0) is 13.1. The molecule has 2 amide bonds. The molecule has 0 radical (unpaired) electrons. The number of para-hydroxylation sites is 1. The van der Waals surface area contributed by atoms with E-state index in [4.69, 9.17) is 17.3 Å². The van der Waals surface area contributed by atoms with Crippen molar-refractivity contribution < 1.29 is 4.79 Å². The number of urea groups is 1. The summed E-state index contributed by atoms with van der Waals surface area (Å²) < 4.78 is 0. The summed E-state index contributed by atoms with van der Waals surface area (Å²) in [6, 6.07) is 5.07. The lowest BCUT2D eigenvalue weighted by Crippen LogP contribution is -2.41. The molecule has 0 spiro atoms. The highest BCUT2D eigenvalue weighted by molar-refractivity contribution is 6.34. The Kier molecular flexibility index (Phi) is 3.97. The Morgan fingerprint density at radius 2 is 2.33 bits per heavy atom. The predicted molar refractivity (Wildman–Crippen MR) is 74.9 cm³/mol. The van der Waals surface area contributed by atoms with Crippen molar-refractivity contribution in [3.8, 4) is 0 Å². The Morgan fingerprint density at radius 3 is 3.00 bits per heavy atom. The molecule has 1 aliphatic rings. The second-order valence-corrected chi connectivity index (χ2v) is 5.23. The van der Waals surface area contributed by atoms with E-state index in [1.54, 1.807) is 18.2 Å². The van der Waals surface area contributed by atoms with E-state index in [-0.39, 0.29) is 6.03 Å². The van der Waals surface area contributed by atoms with Crippen LogP contribution in [0.15, 0.2) is 18.2 Å². The number of halogens is 1. The molecule has 0 aliphatic carbocycles. The summed E-state index contributed by atoms with van der Waals surface area (Å²) in [6.07, 6.45) is 2.23. The van der Waals surface area contributed by atoms with Crippen molar-refractivity contribution in [2.24, 2.45) is 5.92 Å². The number of nitrogens with one attached hydrogen (secondary N) is 1. The molecule has 1 aliphatic heterocycles. The molecule has 1 fully saturated rings. The van der Waals surface area contributed by atoms with Gasteiger partial charge in [0.05, 0.1) is 16.4 Å². The fourth-order valence-electron chi connectivity index (χ4n) is 2.23. The molecule has 4 nitrogen and oxygen atoms in total. The van der Waals surface area contributed by atoms with Crippen molar-refractivity contribution in [3.63, 3.8) is 0 Å². The molecular formula is C13H18ClN3O. The van der Waals surface area contributed by atoms with Gasteiger partial charge in [0.15, 0.2) is 0 Å². The predicted octanol–water partition coefficient (Wildman–Crippen LogP) is 3.19. The molecule has 1 unspecified atom stereocenters. The van der Waals surface area contributed by atoms with Crippen molar-refractivity contribution in [1.29, 1.82) is 0 Å². The van der Waals surface area contributed by atoms with Crippen molar-refractivity contribution in [2.75, 3.05) is 24.1 Å². The minimum atomic E-state index is -0.124. The zero-order valence-corrected chi connectivity index (χ0v) is 11.2. The Hall–Kier alpha value is -1.42. The molecule has 3 N–H and O–H groups in total. The highest BCUT2D eigenvalue weighted by atomic mass is 35.5. The number of nitrogens with two attached hydrogens (primary N) is 1. The summed E-state index contributed by atoms with van der Waals surface area (Å²) in [4.78, 5) is 13.9. The van der Waals surface area contributed by atoms with Gasteiger partial charge in [-0.05, 0) is 30.9 Å². The average molecular weight is 268 g/mol. The molecule has 1 saturated heterocycles. The van der Waals surface area contributed by atoms with Gasteiger partial charge < -0.3 is 16.0 Å². The van der Waals surface area contributed by atoms with E-state index in [1.807, 2.05) is 4.90 Å². The van der Waals surface area contributed by atoms with Gasteiger partial charge in [0, 0.05) is 13.1 Å². The number of likely N-dealkylation sites (tertiary alicyclic amines) is 1. The lowest BCUT2D eigenvalue weighted by atomic mass is 10.0. The van der Waals surface area contributed by atoms with Gasteiger partial charge in [-0.1, -0.05) is 24.6 Å². The molecule has 0 saturated carbocycles. The molecule has 5 heteroatoms. The number of nitrogen functional groups attached to an aromatic ring is 1. The number of benzene rings is 1. The number of carbonyl (C=O) groups excluding carboxylic acids is 1. The maximum Gasteiger partial charge on any atom is 0.321 e. The third-order valence-electron chi connectivity index (χ3n) is 3.22. The van der Waals surface area contributed by atoms with Gasteiger partial charge in [-0.15, -0.1) is 0 Å². The van der Waals surface area contributed by atoms with Crippen LogP contribution in [0.3, 0.4) is 0 Å². The quantitative estimate of drug-likeness (QED) is 0.768. The summed E-state index contributed by atoms with van der Waals surface area (Å²) in [7, 11) is 0. The first-order valence-electron chi connectivity index (χ1n) is 6.18. The summed E-state index contributed by atoms with van der Waals surface area (Å²) in [5.41, 5.74) is 6.80. The summed E-state index contributed by atoms with van der Waals surface area (Å²) in [6.45, 7) is 3.74. The van der Waals surface area contributed by atoms with Crippen LogP contribution in [0.4, 0.5) is 16.2 Å². The molecular weight excluding hydrogens is 250 g/mol. The van der Waals surface area contributed by atoms with E-state index in [0.29, 0.717) is 22.3 Å². The molecule has 1 aromatic rings. The van der Waals surface area contributed by atoms with E-state index in [9.17, 15) is 4.79 Å². The molecule has 0 aromatic heterocycles. The topological polar surface area (TPSA) is 58.4 Å². The fraction of sp³-hybridized carbons (Fsp3) is 0.462. The molecule has 18 heavy (non-hydrogen) atoms. The van der Waals surface area contributed by atoms with Crippen LogP contribution < -0.4 is 11.1 Å². The van der Waals surface area contributed by atoms with Crippen LogP contribution in [0.25, 0.3) is 0 Å². The van der Waals surface area contributed by atoms with E-state index in [2.05, 4.69) is 12.2 Å². The van der Waals surface area contributed by atoms with Gasteiger partial charge in [0.1, 0.15) is 0 Å². The minimum absolute atomic E-state index is 0.124. The first kappa shape index (κ1) is 13.0. The normalized spacial score (nSPS) is 19.7. The first-order valence-corrected chi connectivity index (χ1v) is 6.55. The summed E-state index contributed by atoms with van der Waals surface area (Å²) in [5, 5.41) is 3.26. The van der Waals surface area contributed by atoms with Gasteiger partial charge in [-0.3, -0.25) is 0 Å². The number of carbonyl (C=O) groups is 1. The smallest absolute Gasteiger partial charge is 0.321 e. The van der Waals surface area contributed by atoms with Crippen molar-refractivity contribution >= 4 is 29.0 Å². The third-order valence-corrected chi connectivity index (χ3v) is 3.54. The number of nitrogens with zero attached hydrogens (tertiary/aromatic N) is 1. The summed E-state index contributed by atoms with van der Waals surface area (Å²) in [5.74, 6) is 0.549. The maximum absolute atomic E-state index is 12.1. The molecule has 2 rings (SSSR count). The number of rotatable bonds is 1. The van der Waals surface area contributed by atoms with Gasteiger partial charge in [0.25, 0.3) is 0 Å². The van der Waals surface area contributed by atoms with Crippen LogP contribution in [0.2, 0.25) is 5.02 Å². The average Bonchev–Trinajstić information content (AvgIpc) is 2.34. The van der Waals surface area contributed by atoms with E-state index in [1.165, 1.54) is 6.42 Å². The zero-order valence-electron chi connectivity index (χ0n) is 10.4. The summed E-state index contributed by atoms with van der Waals surface area (Å²) >= 11 is 6.03. The minimum Gasteiger partial charge on any atom is -0.397 e. The van der Waals surface area contributed by atoms with E-state index < -0.39 is 0 Å². The van der Waals surface area contributed by atoms with Crippen molar-refractivity contribution in [3.05, 3.63) is 23.2 Å². The molecule has 1 heterocycles. The van der Waals surface area contributed by atoms with Crippen LogP contribution in [-0.2, 0) is 0 Å². The SMILES string of the molecule is CC1CCCN(C(=O)Nc2c(N)cccc2Cl)C1. The maximum atomic E-state index is 12.1. The lowest BCUT2D eigenvalue weighted by molar-refractivity contribution is 0.182. The highest BCUT2D eigenvalue weighted by Gasteiger charge is 2.21. The Bertz CT molecular complexity index is 430. The third kappa shape index (κ3) is 2.88. The van der Waals surface area contributed by atoms with Crippen LogP contribution in [-0.4, -0.2) is 24.0 Å². The van der Waals surface area contributed by atoms with Crippen LogP contribution in [0, 0.1) is 5.92 Å². The van der Waals surface area contributed by atoms with Gasteiger partial charge >= 0.3 is 6.03 Å². The Labute approximate surface area is 112 Å². The molecule has 98 valence electrons. The second kappa shape index (κ2) is 5.48. The Balaban J connectivity index is 2.07. The first-order chi connectivity index (χ1) is 8.58. The number of piperidine rings is 1. The Morgan fingerprint density at radius 1 is 1.56 bits per heavy atom.